The van der Waals surface area contributed by atoms with Crippen molar-refractivity contribution >= 4 is 11.6 Å². The van der Waals surface area contributed by atoms with Crippen molar-refractivity contribution in [3.8, 4) is 5.75 Å². The molecule has 0 bridgehead atoms. The van der Waals surface area contributed by atoms with E-state index in [2.05, 4.69) is 14.8 Å². The van der Waals surface area contributed by atoms with Gasteiger partial charge in [-0.2, -0.15) is 0 Å². The minimum atomic E-state index is -4.79. The Hall–Kier alpha value is -1.59. The summed E-state index contributed by atoms with van der Waals surface area (Å²) in [6.07, 6.45) is -4.79. The topological polar surface area (TPSA) is 58.0 Å². The highest BCUT2D eigenvalue weighted by Gasteiger charge is 2.31. The first-order valence-electron chi connectivity index (χ1n) is 3.97. The molecule has 0 saturated carbocycles. The van der Waals surface area contributed by atoms with Gasteiger partial charge in [-0.3, -0.25) is 0 Å². The molecule has 0 amide bonds. The van der Waals surface area contributed by atoms with Gasteiger partial charge in [0.1, 0.15) is 5.75 Å². The molecule has 0 aliphatic heterocycles. The highest BCUT2D eigenvalue weighted by molar-refractivity contribution is 6.30. The van der Waals surface area contributed by atoms with Gasteiger partial charge in [0.2, 0.25) is 0 Å². The van der Waals surface area contributed by atoms with Crippen LogP contribution in [0.5, 0.6) is 5.75 Å². The van der Waals surface area contributed by atoms with Crippen LogP contribution in [0.1, 0.15) is 5.56 Å². The fourth-order valence-corrected chi connectivity index (χ4v) is 1.20. The van der Waals surface area contributed by atoms with Gasteiger partial charge >= 0.3 is 6.36 Å². The lowest BCUT2D eigenvalue weighted by molar-refractivity contribution is -0.274. The molecular weight excluding hydrogens is 247 g/mol. The average Bonchev–Trinajstić information content (AvgIpc) is 2.16. The quantitative estimate of drug-likeness (QED) is 0.454. The molecule has 1 aromatic carbocycles. The van der Waals surface area contributed by atoms with E-state index in [9.17, 15) is 13.2 Å². The van der Waals surface area contributed by atoms with Crippen LogP contribution in [0.15, 0.2) is 23.3 Å². The van der Waals surface area contributed by atoms with Crippen LogP contribution < -0.4 is 4.74 Å². The highest BCUT2D eigenvalue weighted by Crippen LogP contribution is 2.29. The summed E-state index contributed by atoms with van der Waals surface area (Å²) in [7, 11) is 0. The van der Waals surface area contributed by atoms with Crippen molar-refractivity contribution in [1.82, 2.24) is 0 Å². The van der Waals surface area contributed by atoms with Crippen LogP contribution in [0.4, 0.5) is 13.2 Å². The maximum absolute atomic E-state index is 12.0. The van der Waals surface area contributed by atoms with E-state index in [4.69, 9.17) is 17.1 Å². The predicted octanol–water partition coefficient (Wildman–Crippen LogP) is 4.05. The Labute approximate surface area is 93.2 Å². The van der Waals surface area contributed by atoms with Crippen molar-refractivity contribution in [2.45, 2.75) is 12.9 Å². The van der Waals surface area contributed by atoms with E-state index in [0.717, 1.165) is 6.07 Å². The summed E-state index contributed by atoms with van der Waals surface area (Å²) in [4.78, 5) is 2.44. The van der Waals surface area contributed by atoms with Crippen LogP contribution in [0.3, 0.4) is 0 Å². The van der Waals surface area contributed by atoms with Crippen molar-refractivity contribution in [3.63, 3.8) is 0 Å². The van der Waals surface area contributed by atoms with Gasteiger partial charge in [0.25, 0.3) is 0 Å². The van der Waals surface area contributed by atoms with Crippen LogP contribution in [-0.2, 0) is 6.54 Å². The lowest BCUT2D eigenvalue weighted by Gasteiger charge is -2.12. The number of hydrogen-bond donors (Lipinski definition) is 0. The Morgan fingerprint density at radius 3 is 2.69 bits per heavy atom. The first-order chi connectivity index (χ1) is 7.42. The Balaban J connectivity index is 3.02. The largest absolute Gasteiger partial charge is 0.573 e. The summed E-state index contributed by atoms with van der Waals surface area (Å²) in [6.45, 7) is -0.261. The third-order valence-corrected chi connectivity index (χ3v) is 1.79. The molecule has 86 valence electrons. The standard InChI is InChI=1S/C8H5ClF3N3O/c9-6-1-2-7(16-8(10,11)12)5(3-6)4-14-15-13/h1-3H,4H2. The number of hydrogen-bond acceptors (Lipinski definition) is 2. The van der Waals surface area contributed by atoms with E-state index in [1.54, 1.807) is 0 Å². The van der Waals surface area contributed by atoms with Gasteiger partial charge in [-0.25, -0.2) is 0 Å². The molecule has 8 heteroatoms. The smallest absolute Gasteiger partial charge is 0.406 e. The number of ether oxygens (including phenoxy) is 1. The molecule has 0 N–H and O–H groups in total. The molecule has 1 aromatic rings. The molecule has 0 radical (unpaired) electrons. The Bertz CT molecular complexity index is 429. The molecule has 1 rings (SSSR count). The normalized spacial score (nSPS) is 10.8. The average molecular weight is 252 g/mol. The molecular formula is C8H5ClF3N3O. The predicted molar refractivity (Wildman–Crippen MR) is 51.0 cm³/mol. The molecule has 4 nitrogen and oxygen atoms in total. The highest BCUT2D eigenvalue weighted by atomic mass is 35.5. The van der Waals surface area contributed by atoms with Crippen LogP contribution in [0.25, 0.3) is 10.4 Å². The summed E-state index contributed by atoms with van der Waals surface area (Å²) in [5.74, 6) is -0.427. The Morgan fingerprint density at radius 2 is 2.12 bits per heavy atom. The Kier molecular flexibility index (Phi) is 3.87. The van der Waals surface area contributed by atoms with Crippen LogP contribution in [0, 0.1) is 0 Å². The van der Waals surface area contributed by atoms with Crippen molar-refractivity contribution in [2.75, 3.05) is 0 Å². The number of azide groups is 1. The number of rotatable bonds is 3. The SMILES string of the molecule is [N-]=[N+]=NCc1cc(Cl)ccc1OC(F)(F)F. The Morgan fingerprint density at radius 1 is 1.44 bits per heavy atom. The zero-order valence-electron chi connectivity index (χ0n) is 7.70. The van der Waals surface area contributed by atoms with Gasteiger partial charge in [-0.1, -0.05) is 16.7 Å². The minimum Gasteiger partial charge on any atom is -0.406 e. The lowest BCUT2D eigenvalue weighted by atomic mass is 10.2. The number of benzene rings is 1. The summed E-state index contributed by atoms with van der Waals surface area (Å²) in [5, 5.41) is 3.38. The van der Waals surface area contributed by atoms with E-state index < -0.39 is 12.1 Å². The third kappa shape index (κ3) is 3.88. The van der Waals surface area contributed by atoms with Crippen LogP contribution in [-0.4, -0.2) is 6.36 Å². The van der Waals surface area contributed by atoms with E-state index in [-0.39, 0.29) is 17.1 Å². The number of halogens is 4. The van der Waals surface area contributed by atoms with Gasteiger partial charge in [-0.15, -0.1) is 13.2 Å². The van der Waals surface area contributed by atoms with E-state index in [1.165, 1.54) is 12.1 Å². The van der Waals surface area contributed by atoms with Gasteiger partial charge < -0.3 is 4.74 Å². The summed E-state index contributed by atoms with van der Waals surface area (Å²) < 4.78 is 39.7. The van der Waals surface area contributed by atoms with Gasteiger partial charge in [0, 0.05) is 15.5 Å². The third-order valence-electron chi connectivity index (χ3n) is 1.55. The second-order valence-corrected chi connectivity index (χ2v) is 3.13. The fraction of sp³-hybridized carbons (Fsp3) is 0.250. The van der Waals surface area contributed by atoms with Crippen molar-refractivity contribution in [1.29, 1.82) is 0 Å². The first kappa shape index (κ1) is 12.5. The summed E-state index contributed by atoms with van der Waals surface area (Å²) in [6, 6.07) is 3.57. The second kappa shape index (κ2) is 4.96. The molecule has 0 unspecified atom stereocenters. The van der Waals surface area contributed by atoms with E-state index in [1.807, 2.05) is 0 Å². The van der Waals surface area contributed by atoms with Crippen molar-refractivity contribution in [3.05, 3.63) is 39.2 Å². The van der Waals surface area contributed by atoms with Gasteiger partial charge in [0.15, 0.2) is 0 Å². The molecule has 0 aromatic heterocycles. The lowest BCUT2D eigenvalue weighted by Crippen LogP contribution is -2.18. The molecule has 0 spiro atoms. The second-order valence-electron chi connectivity index (χ2n) is 2.69. The van der Waals surface area contributed by atoms with Crippen LogP contribution in [0.2, 0.25) is 5.02 Å². The van der Waals surface area contributed by atoms with Gasteiger partial charge in [-0.05, 0) is 23.7 Å². The molecule has 0 aliphatic carbocycles. The summed E-state index contributed by atoms with van der Waals surface area (Å²) >= 11 is 5.60. The first-order valence-corrected chi connectivity index (χ1v) is 4.35. The number of nitrogens with zero attached hydrogens (tertiary/aromatic N) is 3. The molecule has 0 fully saturated rings. The molecule has 0 atom stereocenters. The van der Waals surface area contributed by atoms with Gasteiger partial charge in [0.05, 0.1) is 6.54 Å². The zero-order valence-corrected chi connectivity index (χ0v) is 8.46. The molecule has 16 heavy (non-hydrogen) atoms. The number of alkyl halides is 3. The van der Waals surface area contributed by atoms with Crippen molar-refractivity contribution in [2.24, 2.45) is 5.11 Å². The minimum absolute atomic E-state index is 0.0719. The van der Waals surface area contributed by atoms with E-state index >= 15 is 0 Å². The zero-order chi connectivity index (χ0) is 12.2. The molecule has 0 heterocycles. The monoisotopic (exact) mass is 251 g/mol. The maximum atomic E-state index is 12.0. The fourth-order valence-electron chi connectivity index (χ4n) is 1.00. The van der Waals surface area contributed by atoms with Crippen molar-refractivity contribution < 1.29 is 17.9 Å². The maximum Gasteiger partial charge on any atom is 0.573 e. The molecule has 0 saturated heterocycles. The van der Waals surface area contributed by atoms with E-state index in [0.29, 0.717) is 0 Å². The van der Waals surface area contributed by atoms with Crippen LogP contribution >= 0.6 is 11.6 Å². The molecule has 0 aliphatic rings. The summed E-state index contributed by atoms with van der Waals surface area (Å²) in [5.41, 5.74) is 8.15.